The van der Waals surface area contributed by atoms with Gasteiger partial charge in [0, 0.05) is 18.3 Å². The fourth-order valence-electron chi connectivity index (χ4n) is 2.53. The van der Waals surface area contributed by atoms with E-state index in [9.17, 15) is 22.8 Å². The number of anilines is 1. The molecule has 0 aliphatic rings. The summed E-state index contributed by atoms with van der Waals surface area (Å²) in [6, 6.07) is 13.4. The normalized spacial score (nSPS) is 11.3. The Bertz CT molecular complexity index is 772. The van der Waals surface area contributed by atoms with E-state index in [0.29, 0.717) is 6.54 Å². The minimum Gasteiger partial charge on any atom is -0.336 e. The third-order valence-electron chi connectivity index (χ3n) is 3.95. The average molecular weight is 378 g/mol. The van der Waals surface area contributed by atoms with Crippen molar-refractivity contribution >= 4 is 17.5 Å². The van der Waals surface area contributed by atoms with Gasteiger partial charge in [0.05, 0.1) is 5.56 Å². The lowest BCUT2D eigenvalue weighted by Gasteiger charge is -2.26. The molecular formula is C20H21F3N2O2. The van der Waals surface area contributed by atoms with E-state index < -0.39 is 17.6 Å². The van der Waals surface area contributed by atoms with Gasteiger partial charge in [-0.15, -0.1) is 0 Å². The quantitative estimate of drug-likeness (QED) is 0.754. The van der Waals surface area contributed by atoms with E-state index in [4.69, 9.17) is 0 Å². The first-order valence-electron chi connectivity index (χ1n) is 8.47. The molecule has 0 aliphatic heterocycles. The number of carbonyl (C=O) groups is 2. The molecule has 0 saturated heterocycles. The van der Waals surface area contributed by atoms with E-state index in [0.717, 1.165) is 29.8 Å². The summed E-state index contributed by atoms with van der Waals surface area (Å²) in [7, 11) is 0. The molecular weight excluding hydrogens is 357 g/mol. The van der Waals surface area contributed by atoms with E-state index in [1.54, 1.807) is 4.90 Å². The van der Waals surface area contributed by atoms with Crippen molar-refractivity contribution in [3.05, 3.63) is 65.7 Å². The molecule has 7 heteroatoms. The number of rotatable bonds is 6. The fraction of sp³-hybridized carbons (Fsp3) is 0.300. The van der Waals surface area contributed by atoms with Crippen molar-refractivity contribution in [3.8, 4) is 0 Å². The lowest BCUT2D eigenvalue weighted by molar-refractivity contribution is -0.138. The summed E-state index contributed by atoms with van der Waals surface area (Å²) in [6.07, 6.45) is -4.82. The minimum atomic E-state index is -4.44. The van der Waals surface area contributed by atoms with Gasteiger partial charge in [-0.3, -0.25) is 9.59 Å². The minimum absolute atomic E-state index is 0.100. The summed E-state index contributed by atoms with van der Waals surface area (Å²) in [5.74, 6) is -0.920. The highest BCUT2D eigenvalue weighted by molar-refractivity contribution is 6.03. The van der Waals surface area contributed by atoms with Crippen molar-refractivity contribution in [3.63, 3.8) is 0 Å². The Kier molecular flexibility index (Phi) is 6.60. The molecule has 0 unspecified atom stereocenters. The first-order chi connectivity index (χ1) is 12.7. The predicted octanol–water partition coefficient (Wildman–Crippen LogP) is 4.47. The van der Waals surface area contributed by atoms with Crippen LogP contribution >= 0.6 is 0 Å². The van der Waals surface area contributed by atoms with Crippen LogP contribution in [0.2, 0.25) is 0 Å². The zero-order valence-corrected chi connectivity index (χ0v) is 15.1. The molecule has 0 heterocycles. The third-order valence-corrected chi connectivity index (χ3v) is 3.95. The molecule has 0 spiro atoms. The average Bonchev–Trinajstić information content (AvgIpc) is 2.59. The van der Waals surface area contributed by atoms with Crippen LogP contribution in [-0.4, -0.2) is 22.8 Å². The molecule has 144 valence electrons. The molecule has 2 aromatic carbocycles. The SMILES string of the molecule is CC(C)N(Cc1ccccc1)C(=O)CC(=O)Nc1ccc(C(F)(F)F)cc1. The summed E-state index contributed by atoms with van der Waals surface area (Å²) in [6.45, 7) is 4.09. The van der Waals surface area contributed by atoms with Gasteiger partial charge in [-0.2, -0.15) is 13.2 Å². The topological polar surface area (TPSA) is 49.4 Å². The van der Waals surface area contributed by atoms with E-state index in [1.165, 1.54) is 0 Å². The van der Waals surface area contributed by atoms with Gasteiger partial charge < -0.3 is 10.2 Å². The van der Waals surface area contributed by atoms with Gasteiger partial charge in [-0.05, 0) is 43.7 Å². The van der Waals surface area contributed by atoms with Gasteiger partial charge in [0.25, 0.3) is 0 Å². The van der Waals surface area contributed by atoms with Crippen molar-refractivity contribution in [1.82, 2.24) is 4.90 Å². The van der Waals surface area contributed by atoms with Crippen molar-refractivity contribution < 1.29 is 22.8 Å². The van der Waals surface area contributed by atoms with Crippen LogP contribution in [0, 0.1) is 0 Å². The highest BCUT2D eigenvalue weighted by atomic mass is 19.4. The molecule has 0 radical (unpaired) electrons. The second kappa shape index (κ2) is 8.70. The van der Waals surface area contributed by atoms with Gasteiger partial charge in [0.2, 0.25) is 11.8 Å². The molecule has 0 bridgehead atoms. The molecule has 0 atom stereocenters. The summed E-state index contributed by atoms with van der Waals surface area (Å²) in [5, 5.41) is 2.46. The van der Waals surface area contributed by atoms with Crippen LogP contribution in [0.1, 0.15) is 31.4 Å². The molecule has 0 aliphatic carbocycles. The lowest BCUT2D eigenvalue weighted by atomic mass is 10.1. The Labute approximate surface area is 156 Å². The zero-order chi connectivity index (χ0) is 20.0. The molecule has 2 aromatic rings. The Morgan fingerprint density at radius 3 is 2.11 bits per heavy atom. The lowest BCUT2D eigenvalue weighted by Crippen LogP contribution is -2.38. The summed E-state index contributed by atoms with van der Waals surface area (Å²) in [5.41, 5.74) is 0.355. The molecule has 0 aromatic heterocycles. The highest BCUT2D eigenvalue weighted by Gasteiger charge is 2.30. The monoisotopic (exact) mass is 378 g/mol. The van der Waals surface area contributed by atoms with Crippen LogP contribution in [0.15, 0.2) is 54.6 Å². The smallest absolute Gasteiger partial charge is 0.336 e. The van der Waals surface area contributed by atoms with Crippen LogP contribution < -0.4 is 5.32 Å². The fourth-order valence-corrected chi connectivity index (χ4v) is 2.53. The van der Waals surface area contributed by atoms with Gasteiger partial charge in [-0.25, -0.2) is 0 Å². The number of hydrogen-bond acceptors (Lipinski definition) is 2. The molecule has 2 rings (SSSR count). The first kappa shape index (κ1) is 20.5. The predicted molar refractivity (Wildman–Crippen MR) is 96.8 cm³/mol. The molecule has 27 heavy (non-hydrogen) atoms. The maximum absolute atomic E-state index is 12.6. The number of halogens is 3. The Hall–Kier alpha value is -2.83. The Morgan fingerprint density at radius 2 is 1.59 bits per heavy atom. The van der Waals surface area contributed by atoms with Crippen molar-refractivity contribution in [2.45, 2.75) is 39.0 Å². The summed E-state index contributed by atoms with van der Waals surface area (Å²) in [4.78, 5) is 26.2. The highest BCUT2D eigenvalue weighted by Crippen LogP contribution is 2.29. The number of hydrogen-bond donors (Lipinski definition) is 1. The summed E-state index contributed by atoms with van der Waals surface area (Å²) >= 11 is 0. The second-order valence-electron chi connectivity index (χ2n) is 6.40. The van der Waals surface area contributed by atoms with Crippen LogP contribution in [0.5, 0.6) is 0 Å². The molecule has 1 N–H and O–H groups in total. The van der Waals surface area contributed by atoms with Gasteiger partial charge in [-0.1, -0.05) is 30.3 Å². The van der Waals surface area contributed by atoms with E-state index in [2.05, 4.69) is 5.32 Å². The summed E-state index contributed by atoms with van der Waals surface area (Å²) < 4.78 is 37.7. The van der Waals surface area contributed by atoms with E-state index in [1.807, 2.05) is 44.2 Å². The standard InChI is InChI=1S/C20H21F3N2O2/c1-14(2)25(13-15-6-4-3-5-7-15)19(27)12-18(26)24-17-10-8-16(9-11-17)20(21,22)23/h3-11,14H,12-13H2,1-2H3,(H,24,26). The number of benzene rings is 2. The van der Waals surface area contributed by atoms with Gasteiger partial charge >= 0.3 is 6.18 Å². The molecule has 2 amide bonds. The van der Waals surface area contributed by atoms with Crippen molar-refractivity contribution in [2.24, 2.45) is 0 Å². The largest absolute Gasteiger partial charge is 0.416 e. The van der Waals surface area contributed by atoms with Crippen LogP contribution in [0.3, 0.4) is 0 Å². The van der Waals surface area contributed by atoms with Crippen LogP contribution in [0.4, 0.5) is 18.9 Å². The first-order valence-corrected chi connectivity index (χ1v) is 8.47. The second-order valence-corrected chi connectivity index (χ2v) is 6.40. The Balaban J connectivity index is 1.97. The maximum Gasteiger partial charge on any atom is 0.416 e. The molecule has 0 saturated carbocycles. The van der Waals surface area contributed by atoms with E-state index >= 15 is 0 Å². The number of nitrogens with one attached hydrogen (secondary N) is 1. The Morgan fingerprint density at radius 1 is 1.00 bits per heavy atom. The van der Waals surface area contributed by atoms with Crippen molar-refractivity contribution in [1.29, 1.82) is 0 Å². The van der Waals surface area contributed by atoms with Gasteiger partial charge in [0.1, 0.15) is 6.42 Å². The number of amides is 2. The van der Waals surface area contributed by atoms with Gasteiger partial charge in [0.15, 0.2) is 0 Å². The molecule has 4 nitrogen and oxygen atoms in total. The van der Waals surface area contributed by atoms with E-state index in [-0.39, 0.29) is 24.1 Å². The van der Waals surface area contributed by atoms with Crippen LogP contribution in [0.25, 0.3) is 0 Å². The number of nitrogens with zero attached hydrogens (tertiary/aromatic N) is 1. The number of carbonyl (C=O) groups excluding carboxylic acids is 2. The zero-order valence-electron chi connectivity index (χ0n) is 15.1. The third kappa shape index (κ3) is 6.13. The van der Waals surface area contributed by atoms with Crippen LogP contribution in [-0.2, 0) is 22.3 Å². The molecule has 0 fully saturated rings. The maximum atomic E-state index is 12.6. The number of alkyl halides is 3. The van der Waals surface area contributed by atoms with Crippen molar-refractivity contribution in [2.75, 3.05) is 5.32 Å².